The molecule has 0 fully saturated rings. The second-order valence-corrected chi connectivity index (χ2v) is 4.87. The van der Waals surface area contributed by atoms with E-state index in [0.29, 0.717) is 6.54 Å². The quantitative estimate of drug-likeness (QED) is 0.468. The first-order valence-corrected chi connectivity index (χ1v) is 7.52. The van der Waals surface area contributed by atoms with Gasteiger partial charge < -0.3 is 10.6 Å². The number of guanidine groups is 1. The molecule has 2 N–H and O–H groups in total. The van der Waals surface area contributed by atoms with E-state index in [0.717, 1.165) is 37.6 Å². The lowest BCUT2D eigenvalue weighted by molar-refractivity contribution is 0.570. The summed E-state index contributed by atoms with van der Waals surface area (Å²) in [5.74, 6) is 0.545. The summed E-state index contributed by atoms with van der Waals surface area (Å²) in [6.45, 7) is 5.04. The van der Waals surface area contributed by atoms with E-state index in [1.165, 1.54) is 12.1 Å². The van der Waals surface area contributed by atoms with Gasteiger partial charge in [0.15, 0.2) is 5.96 Å². The number of aryl methyl sites for hydroxylation is 1. The van der Waals surface area contributed by atoms with Crippen molar-refractivity contribution in [3.8, 4) is 0 Å². The van der Waals surface area contributed by atoms with E-state index in [1.54, 1.807) is 18.3 Å². The Morgan fingerprint density at radius 1 is 1.27 bits per heavy atom. The Morgan fingerprint density at radius 3 is 2.77 bits per heavy atom. The molecule has 0 atom stereocenters. The number of halogens is 1. The van der Waals surface area contributed by atoms with Gasteiger partial charge in [-0.1, -0.05) is 12.1 Å². The lowest BCUT2D eigenvalue weighted by Crippen LogP contribution is -2.38. The highest BCUT2D eigenvalue weighted by atomic mass is 19.1. The number of hydrogen-bond acceptors (Lipinski definition) is 2. The van der Waals surface area contributed by atoms with Crippen LogP contribution in [0.2, 0.25) is 0 Å². The van der Waals surface area contributed by atoms with Gasteiger partial charge in [-0.2, -0.15) is 5.10 Å². The molecule has 2 rings (SSSR count). The van der Waals surface area contributed by atoms with E-state index < -0.39 is 0 Å². The van der Waals surface area contributed by atoms with E-state index >= 15 is 0 Å². The predicted octanol–water partition coefficient (Wildman–Crippen LogP) is 2.17. The molecule has 0 unspecified atom stereocenters. The lowest BCUT2D eigenvalue weighted by atomic mass is 10.2. The van der Waals surface area contributed by atoms with Crippen LogP contribution in [0.25, 0.3) is 0 Å². The van der Waals surface area contributed by atoms with E-state index in [1.807, 2.05) is 23.9 Å². The van der Waals surface area contributed by atoms with Gasteiger partial charge in [-0.15, -0.1) is 0 Å². The van der Waals surface area contributed by atoms with Gasteiger partial charge in [0.1, 0.15) is 5.82 Å². The molecule has 6 heteroatoms. The Morgan fingerprint density at radius 2 is 2.09 bits per heavy atom. The molecule has 0 saturated carbocycles. The Hall–Kier alpha value is -2.37. The summed E-state index contributed by atoms with van der Waals surface area (Å²) in [6, 6.07) is 8.33. The third kappa shape index (κ3) is 5.55. The lowest BCUT2D eigenvalue weighted by Gasteiger charge is -2.11. The predicted molar refractivity (Wildman–Crippen MR) is 86.1 cm³/mol. The van der Waals surface area contributed by atoms with Gasteiger partial charge in [0.2, 0.25) is 0 Å². The van der Waals surface area contributed by atoms with E-state index in [4.69, 9.17) is 0 Å². The highest BCUT2D eigenvalue weighted by Gasteiger charge is 1.98. The van der Waals surface area contributed by atoms with Crippen molar-refractivity contribution in [2.24, 2.45) is 4.99 Å². The zero-order valence-corrected chi connectivity index (χ0v) is 12.8. The van der Waals surface area contributed by atoms with Crippen molar-refractivity contribution < 1.29 is 4.39 Å². The second-order valence-electron chi connectivity index (χ2n) is 4.87. The normalized spacial score (nSPS) is 11.5. The Labute approximate surface area is 130 Å². The molecule has 2 aromatic rings. The maximum Gasteiger partial charge on any atom is 0.191 e. The fraction of sp³-hybridized carbons (Fsp3) is 0.375. The summed E-state index contributed by atoms with van der Waals surface area (Å²) in [5.41, 5.74) is 0.982. The van der Waals surface area contributed by atoms with Crippen molar-refractivity contribution in [1.82, 2.24) is 20.4 Å². The molecule has 0 aliphatic rings. The Bertz CT molecular complexity index is 563. The van der Waals surface area contributed by atoms with Crippen molar-refractivity contribution in [1.29, 1.82) is 0 Å². The maximum absolute atomic E-state index is 12.9. The zero-order chi connectivity index (χ0) is 15.6. The third-order valence-electron chi connectivity index (χ3n) is 3.09. The van der Waals surface area contributed by atoms with Crippen molar-refractivity contribution in [3.05, 3.63) is 54.1 Å². The SMILES string of the molecule is CCNC(=NCc1ccc(F)cc1)NCCCn1cccn1. The molecule has 0 aliphatic heterocycles. The fourth-order valence-corrected chi connectivity index (χ4v) is 1.98. The highest BCUT2D eigenvalue weighted by Crippen LogP contribution is 2.03. The topological polar surface area (TPSA) is 54.2 Å². The van der Waals surface area contributed by atoms with Crippen LogP contribution in [-0.2, 0) is 13.1 Å². The van der Waals surface area contributed by atoms with E-state index in [-0.39, 0.29) is 5.82 Å². The number of hydrogen-bond donors (Lipinski definition) is 2. The maximum atomic E-state index is 12.9. The number of benzene rings is 1. The smallest absolute Gasteiger partial charge is 0.191 e. The van der Waals surface area contributed by atoms with Crippen LogP contribution >= 0.6 is 0 Å². The van der Waals surface area contributed by atoms with Gasteiger partial charge in [0.05, 0.1) is 6.54 Å². The highest BCUT2D eigenvalue weighted by molar-refractivity contribution is 5.79. The monoisotopic (exact) mass is 303 g/mol. The molecular formula is C16H22FN5. The number of nitrogens with zero attached hydrogens (tertiary/aromatic N) is 3. The molecule has 0 spiro atoms. The molecule has 0 bridgehead atoms. The van der Waals surface area contributed by atoms with Crippen LogP contribution in [0.3, 0.4) is 0 Å². The van der Waals surface area contributed by atoms with E-state index in [9.17, 15) is 4.39 Å². The summed E-state index contributed by atoms with van der Waals surface area (Å²) in [5, 5.41) is 10.7. The van der Waals surface area contributed by atoms with Crippen molar-refractivity contribution >= 4 is 5.96 Å². The average Bonchev–Trinajstić information content (AvgIpc) is 3.04. The van der Waals surface area contributed by atoms with Gasteiger partial charge in [-0.05, 0) is 37.1 Å². The van der Waals surface area contributed by atoms with Gasteiger partial charge in [-0.3, -0.25) is 4.68 Å². The van der Waals surface area contributed by atoms with Crippen LogP contribution in [0.5, 0.6) is 0 Å². The minimum Gasteiger partial charge on any atom is -0.357 e. The standard InChI is InChI=1S/C16H22FN5/c1-2-18-16(19-9-3-11-22-12-4-10-21-22)20-13-14-5-7-15(17)8-6-14/h4-8,10,12H,2-3,9,11,13H2,1H3,(H2,18,19,20). The minimum atomic E-state index is -0.226. The molecule has 0 radical (unpaired) electrons. The summed E-state index contributed by atoms with van der Waals surface area (Å²) in [6.07, 6.45) is 4.69. The molecule has 0 saturated heterocycles. The summed E-state index contributed by atoms with van der Waals surface area (Å²) >= 11 is 0. The molecule has 0 amide bonds. The zero-order valence-electron chi connectivity index (χ0n) is 12.8. The van der Waals surface area contributed by atoms with Gasteiger partial charge in [-0.25, -0.2) is 9.38 Å². The second kappa shape index (κ2) is 8.81. The van der Waals surface area contributed by atoms with Crippen molar-refractivity contribution in [3.63, 3.8) is 0 Å². The molecule has 118 valence electrons. The molecule has 1 aromatic heterocycles. The first kappa shape index (κ1) is 16.0. The van der Waals surface area contributed by atoms with Crippen LogP contribution in [-0.4, -0.2) is 28.8 Å². The number of nitrogens with one attached hydrogen (secondary N) is 2. The number of rotatable bonds is 7. The van der Waals surface area contributed by atoms with Crippen LogP contribution in [0.1, 0.15) is 18.9 Å². The number of aliphatic imine (C=N–C) groups is 1. The largest absolute Gasteiger partial charge is 0.357 e. The Kier molecular flexibility index (Phi) is 6.41. The summed E-state index contributed by atoms with van der Waals surface area (Å²) in [4.78, 5) is 4.50. The van der Waals surface area contributed by atoms with Crippen molar-refractivity contribution in [2.45, 2.75) is 26.4 Å². The van der Waals surface area contributed by atoms with Gasteiger partial charge in [0, 0.05) is 32.0 Å². The first-order valence-electron chi connectivity index (χ1n) is 7.52. The molecule has 1 aromatic carbocycles. The van der Waals surface area contributed by atoms with Crippen LogP contribution in [0.4, 0.5) is 4.39 Å². The first-order chi connectivity index (χ1) is 10.8. The molecule has 22 heavy (non-hydrogen) atoms. The van der Waals surface area contributed by atoms with E-state index in [2.05, 4.69) is 20.7 Å². The number of aromatic nitrogens is 2. The molecule has 5 nitrogen and oxygen atoms in total. The Balaban J connectivity index is 1.77. The fourth-order valence-electron chi connectivity index (χ4n) is 1.98. The van der Waals surface area contributed by atoms with Gasteiger partial charge in [0.25, 0.3) is 0 Å². The van der Waals surface area contributed by atoms with Gasteiger partial charge >= 0.3 is 0 Å². The van der Waals surface area contributed by atoms with Crippen LogP contribution in [0, 0.1) is 5.82 Å². The molecule has 1 heterocycles. The molecule has 0 aliphatic carbocycles. The summed E-state index contributed by atoms with van der Waals surface area (Å²) < 4.78 is 14.8. The third-order valence-corrected chi connectivity index (χ3v) is 3.09. The van der Waals surface area contributed by atoms with Crippen molar-refractivity contribution in [2.75, 3.05) is 13.1 Å². The average molecular weight is 303 g/mol. The minimum absolute atomic E-state index is 0.226. The van der Waals surface area contributed by atoms with Crippen LogP contribution < -0.4 is 10.6 Å². The summed E-state index contributed by atoms with van der Waals surface area (Å²) in [7, 11) is 0. The van der Waals surface area contributed by atoms with Crippen LogP contribution in [0.15, 0.2) is 47.7 Å². The molecular weight excluding hydrogens is 281 g/mol.